The minimum absolute atomic E-state index is 0.0753. The standard InChI is InChI=1S/C24H30FNO3/c1-5-6-7-8-19-21(13-14-22(28)29-4)26-24(16(2)3)20(15-27)23(19)17-9-11-18(25)12-10-17/h9-14,16,27H,5-8,15H2,1-4H3/b14-13+. The van der Waals surface area contributed by atoms with Crippen LogP contribution >= 0.6 is 0 Å². The van der Waals surface area contributed by atoms with Gasteiger partial charge >= 0.3 is 5.97 Å². The molecular formula is C24H30FNO3. The molecule has 29 heavy (non-hydrogen) atoms. The van der Waals surface area contributed by atoms with E-state index in [9.17, 15) is 14.3 Å². The molecule has 0 saturated heterocycles. The van der Waals surface area contributed by atoms with Crippen molar-refractivity contribution in [3.05, 3.63) is 58.7 Å². The lowest BCUT2D eigenvalue weighted by molar-refractivity contribution is -0.134. The van der Waals surface area contributed by atoms with Crippen molar-refractivity contribution >= 4 is 12.0 Å². The third kappa shape index (κ3) is 5.73. The van der Waals surface area contributed by atoms with Crippen molar-refractivity contribution in [3.8, 4) is 11.1 Å². The first kappa shape index (κ1) is 22.8. The summed E-state index contributed by atoms with van der Waals surface area (Å²) in [6, 6.07) is 6.30. The monoisotopic (exact) mass is 399 g/mol. The molecule has 0 amide bonds. The van der Waals surface area contributed by atoms with Gasteiger partial charge in [-0.3, -0.25) is 4.98 Å². The van der Waals surface area contributed by atoms with Crippen LogP contribution in [0.15, 0.2) is 30.3 Å². The number of hydrogen-bond donors (Lipinski definition) is 1. The molecule has 2 rings (SSSR count). The fourth-order valence-corrected chi connectivity index (χ4v) is 3.46. The summed E-state index contributed by atoms with van der Waals surface area (Å²) in [6.45, 7) is 6.01. The van der Waals surface area contributed by atoms with Crippen molar-refractivity contribution < 1.29 is 19.0 Å². The first-order chi connectivity index (χ1) is 13.9. The number of methoxy groups -OCH3 is 1. The molecule has 1 heterocycles. The summed E-state index contributed by atoms with van der Waals surface area (Å²) in [5.74, 6) is -0.686. The van der Waals surface area contributed by atoms with Crippen LogP contribution in [-0.2, 0) is 22.6 Å². The molecule has 0 unspecified atom stereocenters. The minimum atomic E-state index is -0.452. The number of aromatic nitrogens is 1. The largest absolute Gasteiger partial charge is 0.466 e. The topological polar surface area (TPSA) is 59.4 Å². The normalized spacial score (nSPS) is 11.4. The molecule has 0 aliphatic carbocycles. The Hall–Kier alpha value is -2.53. The van der Waals surface area contributed by atoms with Crippen LogP contribution in [0, 0.1) is 5.82 Å². The summed E-state index contributed by atoms with van der Waals surface area (Å²) in [7, 11) is 1.33. The number of hydrogen-bond acceptors (Lipinski definition) is 4. The fraction of sp³-hybridized carbons (Fsp3) is 0.417. The molecule has 0 fully saturated rings. The smallest absolute Gasteiger partial charge is 0.330 e. The van der Waals surface area contributed by atoms with Crippen molar-refractivity contribution in [2.45, 2.75) is 59.0 Å². The maximum atomic E-state index is 13.5. The SMILES string of the molecule is CCCCCc1c(/C=C/C(=O)OC)nc(C(C)C)c(CO)c1-c1ccc(F)cc1. The molecule has 0 spiro atoms. The van der Waals surface area contributed by atoms with Gasteiger partial charge in [-0.1, -0.05) is 45.7 Å². The third-order valence-electron chi connectivity index (χ3n) is 4.91. The van der Waals surface area contributed by atoms with Crippen LogP contribution in [0.5, 0.6) is 0 Å². The molecule has 0 saturated carbocycles. The first-order valence-electron chi connectivity index (χ1n) is 10.1. The molecule has 0 aliphatic heterocycles. The highest BCUT2D eigenvalue weighted by Gasteiger charge is 2.21. The molecule has 0 atom stereocenters. The van der Waals surface area contributed by atoms with Crippen LogP contribution in [0.2, 0.25) is 0 Å². The van der Waals surface area contributed by atoms with Gasteiger partial charge in [-0.25, -0.2) is 9.18 Å². The lowest BCUT2D eigenvalue weighted by Gasteiger charge is -2.22. The number of carbonyl (C=O) groups is 1. The van der Waals surface area contributed by atoms with E-state index in [1.807, 2.05) is 13.8 Å². The summed E-state index contributed by atoms with van der Waals surface area (Å²) in [6.07, 6.45) is 6.88. The van der Waals surface area contributed by atoms with Crippen LogP contribution in [0.25, 0.3) is 17.2 Å². The Labute approximate surface area is 172 Å². The summed E-state index contributed by atoms with van der Waals surface area (Å²) in [5.41, 5.74) is 4.89. The Morgan fingerprint density at radius 2 is 1.90 bits per heavy atom. The predicted octanol–water partition coefficient (Wildman–Crippen LogP) is 5.42. The van der Waals surface area contributed by atoms with E-state index in [1.54, 1.807) is 18.2 Å². The van der Waals surface area contributed by atoms with Crippen molar-refractivity contribution in [2.24, 2.45) is 0 Å². The lowest BCUT2D eigenvalue weighted by Crippen LogP contribution is -2.10. The zero-order valence-electron chi connectivity index (χ0n) is 17.7. The average Bonchev–Trinajstić information content (AvgIpc) is 2.72. The number of ether oxygens (including phenoxy) is 1. The molecule has 0 radical (unpaired) electrons. The minimum Gasteiger partial charge on any atom is -0.466 e. The molecule has 1 aromatic carbocycles. The molecule has 5 heteroatoms. The number of rotatable bonds is 9. The van der Waals surface area contributed by atoms with Crippen LogP contribution in [0.1, 0.15) is 68.5 Å². The van der Waals surface area contributed by atoms with E-state index in [4.69, 9.17) is 9.72 Å². The Bertz CT molecular complexity index is 857. The number of esters is 1. The zero-order valence-corrected chi connectivity index (χ0v) is 17.7. The van der Waals surface area contributed by atoms with Crippen molar-refractivity contribution in [3.63, 3.8) is 0 Å². The molecule has 0 bridgehead atoms. The van der Waals surface area contributed by atoms with Gasteiger partial charge in [0.25, 0.3) is 0 Å². The van der Waals surface area contributed by atoms with E-state index in [2.05, 4.69) is 6.92 Å². The number of pyridine rings is 1. The Balaban J connectivity index is 2.78. The zero-order chi connectivity index (χ0) is 21.4. The van der Waals surface area contributed by atoms with Crippen molar-refractivity contribution in [2.75, 3.05) is 7.11 Å². The molecule has 4 nitrogen and oxygen atoms in total. The van der Waals surface area contributed by atoms with Crippen LogP contribution < -0.4 is 0 Å². The van der Waals surface area contributed by atoms with Gasteiger partial charge in [0.1, 0.15) is 5.82 Å². The summed E-state index contributed by atoms with van der Waals surface area (Å²) in [5, 5.41) is 10.2. The van der Waals surface area contributed by atoms with Gasteiger partial charge in [-0.05, 0) is 53.7 Å². The highest BCUT2D eigenvalue weighted by atomic mass is 19.1. The number of nitrogens with zero attached hydrogens (tertiary/aromatic N) is 1. The predicted molar refractivity (Wildman–Crippen MR) is 114 cm³/mol. The van der Waals surface area contributed by atoms with E-state index < -0.39 is 5.97 Å². The van der Waals surface area contributed by atoms with E-state index in [1.165, 1.54) is 25.3 Å². The van der Waals surface area contributed by atoms with Gasteiger partial charge in [0, 0.05) is 17.3 Å². The first-order valence-corrected chi connectivity index (χ1v) is 10.1. The van der Waals surface area contributed by atoms with E-state index in [0.717, 1.165) is 53.6 Å². The van der Waals surface area contributed by atoms with E-state index in [-0.39, 0.29) is 18.3 Å². The second kappa shape index (κ2) is 10.9. The van der Waals surface area contributed by atoms with E-state index in [0.29, 0.717) is 5.69 Å². The summed E-state index contributed by atoms with van der Waals surface area (Å²) < 4.78 is 18.3. The quantitative estimate of drug-likeness (QED) is 0.347. The Kier molecular flexibility index (Phi) is 8.52. The number of halogens is 1. The van der Waals surface area contributed by atoms with E-state index >= 15 is 0 Å². The van der Waals surface area contributed by atoms with Crippen molar-refractivity contribution in [1.82, 2.24) is 4.98 Å². The Morgan fingerprint density at radius 3 is 2.45 bits per heavy atom. The van der Waals surface area contributed by atoms with Gasteiger partial charge < -0.3 is 9.84 Å². The fourth-order valence-electron chi connectivity index (χ4n) is 3.46. The second-order valence-electron chi connectivity index (χ2n) is 7.35. The number of carbonyl (C=O) groups excluding carboxylic acids is 1. The van der Waals surface area contributed by atoms with Gasteiger partial charge in [-0.2, -0.15) is 0 Å². The van der Waals surface area contributed by atoms with Gasteiger partial charge in [0.15, 0.2) is 0 Å². The van der Waals surface area contributed by atoms with Gasteiger partial charge in [0.05, 0.1) is 19.4 Å². The highest BCUT2D eigenvalue weighted by Crippen LogP contribution is 2.36. The number of aliphatic hydroxyl groups excluding tert-OH is 1. The summed E-state index contributed by atoms with van der Waals surface area (Å²) in [4.78, 5) is 16.5. The molecule has 1 aromatic heterocycles. The maximum Gasteiger partial charge on any atom is 0.330 e. The highest BCUT2D eigenvalue weighted by molar-refractivity contribution is 5.87. The third-order valence-corrected chi connectivity index (χ3v) is 4.91. The molecule has 2 aromatic rings. The van der Waals surface area contributed by atoms with Gasteiger partial charge in [-0.15, -0.1) is 0 Å². The Morgan fingerprint density at radius 1 is 1.21 bits per heavy atom. The number of benzene rings is 1. The average molecular weight is 400 g/mol. The maximum absolute atomic E-state index is 13.5. The molecule has 0 aliphatic rings. The number of unbranched alkanes of at least 4 members (excludes halogenated alkanes) is 2. The van der Waals surface area contributed by atoms with Crippen LogP contribution in [-0.4, -0.2) is 23.2 Å². The lowest BCUT2D eigenvalue weighted by atomic mass is 9.87. The van der Waals surface area contributed by atoms with Crippen LogP contribution in [0.4, 0.5) is 4.39 Å². The van der Waals surface area contributed by atoms with Crippen LogP contribution in [0.3, 0.4) is 0 Å². The summed E-state index contributed by atoms with van der Waals surface area (Å²) >= 11 is 0. The molecule has 1 N–H and O–H groups in total. The number of aliphatic hydroxyl groups is 1. The second-order valence-corrected chi connectivity index (χ2v) is 7.35. The molecule has 156 valence electrons. The molecular weight excluding hydrogens is 369 g/mol. The van der Waals surface area contributed by atoms with Crippen molar-refractivity contribution in [1.29, 1.82) is 0 Å². The van der Waals surface area contributed by atoms with Gasteiger partial charge in [0.2, 0.25) is 0 Å².